The van der Waals surface area contributed by atoms with E-state index in [1.807, 2.05) is 0 Å². The Bertz CT molecular complexity index is 1870. The van der Waals surface area contributed by atoms with Gasteiger partial charge in [-0.3, -0.25) is 14.9 Å². The van der Waals surface area contributed by atoms with Crippen LogP contribution in [0.4, 0.5) is 23.2 Å². The van der Waals surface area contributed by atoms with Crippen LogP contribution < -0.4 is 10.3 Å². The number of alkyl halides is 3. The van der Waals surface area contributed by atoms with Crippen LogP contribution in [-0.2, 0) is 12.8 Å². The molecule has 0 unspecified atom stereocenters. The predicted molar refractivity (Wildman–Crippen MR) is 143 cm³/mol. The van der Waals surface area contributed by atoms with Crippen molar-refractivity contribution in [1.82, 2.24) is 9.66 Å². The third kappa shape index (κ3) is 5.81. The standard InChI is InChI=1S/C29H18F4N4O4/c30-24-10-3-1-6-19(24)17-41-26-13-12-22(37(39)40)15-20(26)16-34-36-27(18-7-5-8-21(14-18)29(31,32)33)35-25-11-4-2-9-23(25)28(36)38/h1-16H,17H2. The molecule has 5 aromatic rings. The summed E-state index contributed by atoms with van der Waals surface area (Å²) in [4.78, 5) is 28.6. The van der Waals surface area contributed by atoms with E-state index in [2.05, 4.69) is 10.1 Å². The molecular weight excluding hydrogens is 544 g/mol. The van der Waals surface area contributed by atoms with Gasteiger partial charge in [-0.15, -0.1) is 0 Å². The first-order valence-electron chi connectivity index (χ1n) is 12.0. The van der Waals surface area contributed by atoms with Crippen LogP contribution >= 0.6 is 0 Å². The topological polar surface area (TPSA) is 99.6 Å². The van der Waals surface area contributed by atoms with Crippen molar-refractivity contribution in [3.8, 4) is 17.1 Å². The number of nitrogens with zero attached hydrogens (tertiary/aromatic N) is 4. The third-order valence-corrected chi connectivity index (χ3v) is 6.06. The van der Waals surface area contributed by atoms with Gasteiger partial charge in [-0.1, -0.05) is 42.5 Å². The van der Waals surface area contributed by atoms with Gasteiger partial charge in [-0.2, -0.15) is 22.9 Å². The molecule has 0 atom stereocenters. The number of hydrogen-bond acceptors (Lipinski definition) is 6. The van der Waals surface area contributed by atoms with Crippen molar-refractivity contribution in [3.05, 3.63) is 134 Å². The van der Waals surface area contributed by atoms with Crippen molar-refractivity contribution < 1.29 is 27.2 Å². The molecule has 4 aromatic carbocycles. The van der Waals surface area contributed by atoms with Crippen LogP contribution in [0.3, 0.4) is 0 Å². The fourth-order valence-electron chi connectivity index (χ4n) is 4.02. The van der Waals surface area contributed by atoms with Gasteiger partial charge in [0.15, 0.2) is 5.82 Å². The minimum atomic E-state index is -4.64. The molecule has 1 heterocycles. The van der Waals surface area contributed by atoms with Crippen molar-refractivity contribution in [2.75, 3.05) is 0 Å². The second-order valence-electron chi connectivity index (χ2n) is 8.75. The Kier molecular flexibility index (Phi) is 7.30. The first-order chi connectivity index (χ1) is 19.6. The number of para-hydroxylation sites is 1. The zero-order valence-corrected chi connectivity index (χ0v) is 20.9. The highest BCUT2D eigenvalue weighted by Gasteiger charge is 2.31. The van der Waals surface area contributed by atoms with Crippen LogP contribution in [0.2, 0.25) is 0 Å². The maximum Gasteiger partial charge on any atom is 0.416 e. The molecular formula is C29H18F4N4O4. The van der Waals surface area contributed by atoms with E-state index in [0.717, 1.165) is 29.1 Å². The maximum atomic E-state index is 14.1. The number of non-ortho nitro benzene ring substituents is 1. The lowest BCUT2D eigenvalue weighted by molar-refractivity contribution is -0.384. The smallest absolute Gasteiger partial charge is 0.416 e. The molecule has 0 saturated carbocycles. The van der Waals surface area contributed by atoms with Gasteiger partial charge in [0.1, 0.15) is 18.2 Å². The molecule has 206 valence electrons. The summed E-state index contributed by atoms with van der Waals surface area (Å²) in [5.74, 6) is -0.607. The number of rotatable bonds is 7. The van der Waals surface area contributed by atoms with E-state index in [9.17, 15) is 32.5 Å². The Morgan fingerprint density at radius 1 is 0.976 bits per heavy atom. The Balaban J connectivity index is 1.63. The number of nitro benzene ring substituents is 1. The highest BCUT2D eigenvalue weighted by atomic mass is 19.4. The molecule has 41 heavy (non-hydrogen) atoms. The Labute approximate surface area is 228 Å². The van der Waals surface area contributed by atoms with Crippen LogP contribution in [-0.4, -0.2) is 20.8 Å². The van der Waals surface area contributed by atoms with Gasteiger partial charge in [0.2, 0.25) is 0 Å². The van der Waals surface area contributed by atoms with Crippen LogP contribution in [0.1, 0.15) is 16.7 Å². The van der Waals surface area contributed by atoms with Crippen LogP contribution in [0.15, 0.2) is 101 Å². The Hall–Kier alpha value is -5.39. The van der Waals surface area contributed by atoms with E-state index < -0.39 is 28.0 Å². The molecule has 0 amide bonds. The monoisotopic (exact) mass is 562 g/mol. The summed E-state index contributed by atoms with van der Waals surface area (Å²) in [6, 6.07) is 20.1. The SMILES string of the molecule is O=c1c2ccccc2nc(-c2cccc(C(F)(F)F)c2)n1N=Cc1cc([N+](=O)[O-])ccc1OCc1ccccc1F. The summed E-state index contributed by atoms with van der Waals surface area (Å²) in [5.41, 5.74) is -1.45. The van der Waals surface area contributed by atoms with Crippen molar-refractivity contribution in [2.24, 2.45) is 5.10 Å². The summed E-state index contributed by atoms with van der Waals surface area (Å²) in [6.07, 6.45) is -3.55. The number of benzene rings is 4. The largest absolute Gasteiger partial charge is 0.488 e. The van der Waals surface area contributed by atoms with E-state index in [0.29, 0.717) is 0 Å². The predicted octanol–water partition coefficient (Wildman–Crippen LogP) is 6.59. The summed E-state index contributed by atoms with van der Waals surface area (Å²) in [7, 11) is 0. The van der Waals surface area contributed by atoms with Gasteiger partial charge in [-0.05, 0) is 36.4 Å². The molecule has 1 aromatic heterocycles. The van der Waals surface area contributed by atoms with Crippen molar-refractivity contribution in [2.45, 2.75) is 12.8 Å². The second-order valence-corrected chi connectivity index (χ2v) is 8.75. The number of nitro groups is 1. The summed E-state index contributed by atoms with van der Waals surface area (Å²) >= 11 is 0. The number of fused-ring (bicyclic) bond motifs is 1. The van der Waals surface area contributed by atoms with Crippen molar-refractivity contribution >= 4 is 22.8 Å². The molecule has 0 saturated heterocycles. The lowest BCUT2D eigenvalue weighted by atomic mass is 10.1. The van der Waals surface area contributed by atoms with Gasteiger partial charge in [0, 0.05) is 28.8 Å². The molecule has 0 aliphatic heterocycles. The summed E-state index contributed by atoms with van der Waals surface area (Å²) in [5, 5.41) is 15.8. The molecule has 12 heteroatoms. The molecule has 0 fully saturated rings. The van der Waals surface area contributed by atoms with Crippen molar-refractivity contribution in [3.63, 3.8) is 0 Å². The lowest BCUT2D eigenvalue weighted by Gasteiger charge is -2.12. The number of ether oxygens (including phenoxy) is 1. The fraction of sp³-hybridized carbons (Fsp3) is 0.0690. The molecule has 0 radical (unpaired) electrons. The first-order valence-corrected chi connectivity index (χ1v) is 12.0. The molecule has 0 spiro atoms. The molecule has 8 nitrogen and oxygen atoms in total. The highest BCUT2D eigenvalue weighted by Crippen LogP contribution is 2.32. The Morgan fingerprint density at radius 2 is 1.73 bits per heavy atom. The quantitative estimate of drug-likeness (QED) is 0.0965. The molecule has 0 aliphatic carbocycles. The minimum Gasteiger partial charge on any atom is -0.488 e. The van der Waals surface area contributed by atoms with E-state index >= 15 is 0 Å². The van der Waals surface area contributed by atoms with E-state index in [4.69, 9.17) is 4.74 Å². The molecule has 5 rings (SSSR count). The molecule has 0 bridgehead atoms. The maximum absolute atomic E-state index is 14.1. The second kappa shape index (κ2) is 11.0. The first kappa shape index (κ1) is 27.2. The third-order valence-electron chi connectivity index (χ3n) is 6.06. The average Bonchev–Trinajstić information content (AvgIpc) is 2.96. The summed E-state index contributed by atoms with van der Waals surface area (Å²) in [6.45, 7) is -0.210. The number of hydrogen-bond donors (Lipinski definition) is 0. The molecule has 0 aliphatic rings. The van der Waals surface area contributed by atoms with Gasteiger partial charge >= 0.3 is 6.18 Å². The Morgan fingerprint density at radius 3 is 2.49 bits per heavy atom. The van der Waals surface area contributed by atoms with Crippen molar-refractivity contribution in [1.29, 1.82) is 0 Å². The van der Waals surface area contributed by atoms with Crippen LogP contribution in [0, 0.1) is 15.9 Å². The van der Waals surface area contributed by atoms with E-state index in [1.54, 1.807) is 18.2 Å². The zero-order chi connectivity index (χ0) is 29.1. The lowest BCUT2D eigenvalue weighted by Crippen LogP contribution is -2.20. The van der Waals surface area contributed by atoms with Gasteiger partial charge in [-0.25, -0.2) is 9.37 Å². The average molecular weight is 562 g/mol. The fourth-order valence-corrected chi connectivity index (χ4v) is 4.02. The van der Waals surface area contributed by atoms with Gasteiger partial charge in [0.25, 0.3) is 11.2 Å². The van der Waals surface area contributed by atoms with Gasteiger partial charge in [0.05, 0.1) is 27.6 Å². The molecule has 0 N–H and O–H groups in total. The van der Waals surface area contributed by atoms with E-state index in [1.165, 1.54) is 54.6 Å². The normalized spacial score (nSPS) is 11.7. The van der Waals surface area contributed by atoms with Crippen LogP contribution in [0.5, 0.6) is 5.75 Å². The number of aromatic nitrogens is 2. The minimum absolute atomic E-state index is 0.0325. The number of halogens is 4. The zero-order valence-electron chi connectivity index (χ0n) is 20.9. The van der Waals surface area contributed by atoms with Crippen LogP contribution in [0.25, 0.3) is 22.3 Å². The van der Waals surface area contributed by atoms with E-state index in [-0.39, 0.29) is 51.5 Å². The van der Waals surface area contributed by atoms with Gasteiger partial charge < -0.3 is 4.74 Å². The summed E-state index contributed by atoms with van der Waals surface area (Å²) < 4.78 is 61.0. The highest BCUT2D eigenvalue weighted by molar-refractivity contribution is 5.85.